The molecule has 2 aliphatic rings. The van der Waals surface area contributed by atoms with Crippen LogP contribution in [0.15, 0.2) is 48.9 Å². The van der Waals surface area contributed by atoms with E-state index in [1.807, 2.05) is 6.07 Å². The van der Waals surface area contributed by atoms with Crippen molar-refractivity contribution in [1.82, 2.24) is 20.2 Å². The number of rotatable bonds is 4. The van der Waals surface area contributed by atoms with Crippen LogP contribution in [0.5, 0.6) is 0 Å². The molecule has 0 saturated carbocycles. The van der Waals surface area contributed by atoms with E-state index in [0.29, 0.717) is 6.42 Å². The highest BCUT2D eigenvalue weighted by Crippen LogP contribution is 2.39. The van der Waals surface area contributed by atoms with Gasteiger partial charge in [-0.25, -0.2) is 4.98 Å². The predicted octanol–water partition coefficient (Wildman–Crippen LogP) is 1.78. The van der Waals surface area contributed by atoms with Crippen LogP contribution < -0.4 is 5.32 Å². The molecule has 7 heteroatoms. The maximum absolute atomic E-state index is 12.4. The monoisotopic (exact) mass is 396 g/mol. The molecular formula is C22H28N4O3. The number of benzene rings is 1. The van der Waals surface area contributed by atoms with Gasteiger partial charge in [-0.2, -0.15) is 0 Å². The first-order valence-electron chi connectivity index (χ1n) is 10.2. The van der Waals surface area contributed by atoms with Crippen molar-refractivity contribution in [2.24, 2.45) is 0 Å². The van der Waals surface area contributed by atoms with E-state index in [9.17, 15) is 9.90 Å². The molecular weight excluding hydrogens is 368 g/mol. The van der Waals surface area contributed by atoms with Crippen molar-refractivity contribution in [2.45, 2.75) is 50.0 Å². The van der Waals surface area contributed by atoms with E-state index in [4.69, 9.17) is 4.74 Å². The Morgan fingerprint density at radius 3 is 2.69 bits per heavy atom. The minimum atomic E-state index is -1.04. The highest BCUT2D eigenvalue weighted by Gasteiger charge is 2.49. The van der Waals surface area contributed by atoms with Crippen LogP contribution in [0.4, 0.5) is 0 Å². The number of amides is 1. The van der Waals surface area contributed by atoms with Crippen LogP contribution in [0, 0.1) is 0 Å². The summed E-state index contributed by atoms with van der Waals surface area (Å²) in [5, 5.41) is 14.0. The second-order valence-electron chi connectivity index (χ2n) is 8.41. The molecule has 0 aliphatic carbocycles. The van der Waals surface area contributed by atoms with E-state index in [2.05, 4.69) is 44.5 Å². The van der Waals surface area contributed by atoms with E-state index in [-0.39, 0.29) is 23.8 Å². The third-order valence-corrected chi connectivity index (χ3v) is 6.10. The summed E-state index contributed by atoms with van der Waals surface area (Å²) in [5.74, 6) is -0.347. The average molecular weight is 396 g/mol. The molecule has 2 aliphatic heterocycles. The molecule has 154 valence electrons. The SMILES string of the molecule is C[C@]1(O)CC2(CCN(Cc3ccccc3)CC2)OC[C@@H]1NC(=O)c1cnccn1. The van der Waals surface area contributed by atoms with Crippen molar-refractivity contribution in [3.63, 3.8) is 0 Å². The highest BCUT2D eigenvalue weighted by atomic mass is 16.5. The number of aliphatic hydroxyl groups is 1. The van der Waals surface area contributed by atoms with E-state index in [1.165, 1.54) is 24.2 Å². The van der Waals surface area contributed by atoms with Crippen molar-refractivity contribution in [2.75, 3.05) is 19.7 Å². The first kappa shape index (κ1) is 19.9. The van der Waals surface area contributed by atoms with Gasteiger partial charge in [0.25, 0.3) is 5.91 Å². The maximum Gasteiger partial charge on any atom is 0.271 e. The minimum Gasteiger partial charge on any atom is -0.388 e. The number of piperidine rings is 1. The zero-order chi connectivity index (χ0) is 20.3. The zero-order valence-corrected chi connectivity index (χ0v) is 16.8. The summed E-state index contributed by atoms with van der Waals surface area (Å²) in [6.45, 7) is 4.88. The van der Waals surface area contributed by atoms with E-state index < -0.39 is 11.6 Å². The van der Waals surface area contributed by atoms with Crippen molar-refractivity contribution in [3.8, 4) is 0 Å². The first-order valence-corrected chi connectivity index (χ1v) is 10.2. The molecule has 3 heterocycles. The number of likely N-dealkylation sites (tertiary alicyclic amines) is 1. The van der Waals surface area contributed by atoms with Gasteiger partial charge in [-0.15, -0.1) is 0 Å². The van der Waals surface area contributed by atoms with Gasteiger partial charge >= 0.3 is 0 Å². The number of ether oxygens (including phenoxy) is 1. The fourth-order valence-corrected chi connectivity index (χ4v) is 4.39. The lowest BCUT2D eigenvalue weighted by molar-refractivity contribution is -0.186. The second kappa shape index (κ2) is 8.18. The van der Waals surface area contributed by atoms with Gasteiger partial charge in [0, 0.05) is 38.4 Å². The maximum atomic E-state index is 12.4. The Kier molecular flexibility index (Phi) is 5.63. The molecule has 2 saturated heterocycles. The van der Waals surface area contributed by atoms with Gasteiger partial charge < -0.3 is 15.2 Å². The predicted molar refractivity (Wildman–Crippen MR) is 108 cm³/mol. The number of nitrogens with zero attached hydrogens (tertiary/aromatic N) is 3. The Hall–Kier alpha value is -2.35. The fraction of sp³-hybridized carbons (Fsp3) is 0.500. The number of hydrogen-bond donors (Lipinski definition) is 2. The average Bonchev–Trinajstić information content (AvgIpc) is 2.73. The number of carbonyl (C=O) groups is 1. The van der Waals surface area contributed by atoms with Gasteiger partial charge in [0.1, 0.15) is 5.69 Å². The summed E-state index contributed by atoms with van der Waals surface area (Å²) in [6, 6.07) is 9.99. The summed E-state index contributed by atoms with van der Waals surface area (Å²) in [7, 11) is 0. The van der Waals surface area contributed by atoms with Crippen LogP contribution in [-0.4, -0.2) is 62.8 Å². The summed E-state index contributed by atoms with van der Waals surface area (Å²) < 4.78 is 6.25. The van der Waals surface area contributed by atoms with Crippen molar-refractivity contribution >= 4 is 5.91 Å². The fourth-order valence-electron chi connectivity index (χ4n) is 4.39. The molecule has 0 bridgehead atoms. The molecule has 2 atom stereocenters. The first-order chi connectivity index (χ1) is 14.0. The number of carbonyl (C=O) groups excluding carboxylic acids is 1. The van der Waals surface area contributed by atoms with E-state index >= 15 is 0 Å². The minimum absolute atomic E-state index is 0.234. The van der Waals surface area contributed by atoms with Crippen molar-refractivity contribution in [3.05, 3.63) is 60.2 Å². The van der Waals surface area contributed by atoms with Crippen LogP contribution in [-0.2, 0) is 11.3 Å². The lowest BCUT2D eigenvalue weighted by Gasteiger charge is -2.51. The molecule has 1 aromatic carbocycles. The summed E-state index contributed by atoms with van der Waals surface area (Å²) in [4.78, 5) is 22.8. The largest absolute Gasteiger partial charge is 0.388 e. The molecule has 1 aromatic heterocycles. The van der Waals surface area contributed by atoms with Crippen molar-refractivity contribution < 1.29 is 14.6 Å². The van der Waals surface area contributed by atoms with Gasteiger partial charge in [-0.1, -0.05) is 30.3 Å². The van der Waals surface area contributed by atoms with E-state index in [0.717, 1.165) is 32.5 Å². The molecule has 2 fully saturated rings. The smallest absolute Gasteiger partial charge is 0.271 e. The van der Waals surface area contributed by atoms with Gasteiger partial charge in [0.2, 0.25) is 0 Å². The lowest BCUT2D eigenvalue weighted by Crippen LogP contribution is -2.63. The van der Waals surface area contributed by atoms with Gasteiger partial charge in [0.05, 0.1) is 30.0 Å². The van der Waals surface area contributed by atoms with Crippen LogP contribution in [0.25, 0.3) is 0 Å². The Bertz CT molecular complexity index is 820. The van der Waals surface area contributed by atoms with Gasteiger partial charge in [-0.3, -0.25) is 14.7 Å². The van der Waals surface area contributed by atoms with Crippen LogP contribution in [0.2, 0.25) is 0 Å². The lowest BCUT2D eigenvalue weighted by atomic mass is 9.75. The van der Waals surface area contributed by atoms with Gasteiger partial charge in [0.15, 0.2) is 0 Å². The summed E-state index contributed by atoms with van der Waals surface area (Å²) in [5.41, 5.74) is 0.173. The highest BCUT2D eigenvalue weighted by molar-refractivity contribution is 5.92. The quantitative estimate of drug-likeness (QED) is 0.819. The number of aromatic nitrogens is 2. The zero-order valence-electron chi connectivity index (χ0n) is 16.8. The Balaban J connectivity index is 1.34. The molecule has 0 radical (unpaired) electrons. The molecule has 7 nitrogen and oxygen atoms in total. The molecule has 2 aromatic rings. The molecule has 2 N–H and O–H groups in total. The Labute approximate surface area is 171 Å². The normalized spacial score (nSPS) is 26.9. The van der Waals surface area contributed by atoms with Crippen LogP contribution in [0.3, 0.4) is 0 Å². The topological polar surface area (TPSA) is 87.6 Å². The molecule has 4 rings (SSSR count). The van der Waals surface area contributed by atoms with Crippen LogP contribution >= 0.6 is 0 Å². The third-order valence-electron chi connectivity index (χ3n) is 6.10. The number of hydrogen-bond acceptors (Lipinski definition) is 6. The van der Waals surface area contributed by atoms with E-state index in [1.54, 1.807) is 6.92 Å². The molecule has 1 amide bonds. The Morgan fingerprint density at radius 1 is 1.28 bits per heavy atom. The number of nitrogens with one attached hydrogen (secondary N) is 1. The van der Waals surface area contributed by atoms with Gasteiger partial charge in [-0.05, 0) is 25.3 Å². The third kappa shape index (κ3) is 4.63. The summed E-state index contributed by atoms with van der Waals surface area (Å²) in [6.07, 6.45) is 6.66. The Morgan fingerprint density at radius 2 is 2.03 bits per heavy atom. The standard InChI is InChI=1S/C22H28N4O3/c1-21(28)16-22(7-11-26(12-8-22)14-17-5-3-2-4-6-17)29-15-19(21)25-20(27)18-13-23-9-10-24-18/h2-6,9-10,13,19,28H,7-8,11-12,14-16H2,1H3,(H,25,27)/t19-,21-/m0/s1. The second-order valence-corrected chi connectivity index (χ2v) is 8.41. The summed E-state index contributed by atoms with van der Waals surface area (Å²) >= 11 is 0. The van der Waals surface area contributed by atoms with Crippen molar-refractivity contribution in [1.29, 1.82) is 0 Å². The van der Waals surface area contributed by atoms with Crippen LogP contribution in [0.1, 0.15) is 42.2 Å². The molecule has 1 spiro atoms. The molecule has 29 heavy (non-hydrogen) atoms. The molecule has 0 unspecified atom stereocenters.